The number of hydrogen-bond donors (Lipinski definition) is 1. The van der Waals surface area contributed by atoms with E-state index in [4.69, 9.17) is 23.2 Å². The largest absolute Gasteiger partial charge is 0.351 e. The highest BCUT2D eigenvalue weighted by atomic mass is 35.5. The van der Waals surface area contributed by atoms with E-state index in [0.29, 0.717) is 16.0 Å². The van der Waals surface area contributed by atoms with Crippen molar-refractivity contribution < 1.29 is 4.79 Å². The van der Waals surface area contributed by atoms with E-state index in [2.05, 4.69) is 10.3 Å². The lowest BCUT2D eigenvalue weighted by molar-refractivity contribution is 0.0682. The maximum absolute atomic E-state index is 12.3. The summed E-state index contributed by atoms with van der Waals surface area (Å²) < 4.78 is 0. The summed E-state index contributed by atoms with van der Waals surface area (Å²) in [6, 6.07) is 1.53. The van der Waals surface area contributed by atoms with Crippen molar-refractivity contribution in [2.45, 2.75) is 52.4 Å². The van der Waals surface area contributed by atoms with Crippen molar-refractivity contribution in [3.8, 4) is 0 Å². The molecule has 3 rings (SSSR count). The number of fused-ring (bicyclic) bond motifs is 2. The number of halogens is 2. The van der Waals surface area contributed by atoms with Crippen LogP contribution in [0.4, 0.5) is 0 Å². The molecular formula is C17H24Cl2N2O. The summed E-state index contributed by atoms with van der Waals surface area (Å²) in [4.78, 5) is 16.2. The summed E-state index contributed by atoms with van der Waals surface area (Å²) in [5.74, 6) is 0.717. The second kappa shape index (κ2) is 7.18. The highest BCUT2D eigenvalue weighted by molar-refractivity contribution is 6.35. The fraction of sp³-hybridized carbons (Fsp3) is 0.647. The van der Waals surface area contributed by atoms with Crippen LogP contribution in [0.5, 0.6) is 0 Å². The van der Waals surface area contributed by atoms with E-state index in [0.717, 1.165) is 12.5 Å². The molecule has 2 bridgehead atoms. The van der Waals surface area contributed by atoms with Gasteiger partial charge in [-0.3, -0.25) is 4.79 Å². The van der Waals surface area contributed by atoms with Crippen LogP contribution in [-0.4, -0.2) is 17.4 Å². The molecule has 22 heavy (non-hydrogen) atoms. The molecule has 0 aromatic carbocycles. The first-order valence-corrected chi connectivity index (χ1v) is 8.43. The average Bonchev–Trinajstić information content (AvgIpc) is 2.47. The van der Waals surface area contributed by atoms with Gasteiger partial charge in [-0.25, -0.2) is 4.98 Å². The van der Waals surface area contributed by atoms with Crippen LogP contribution < -0.4 is 5.32 Å². The van der Waals surface area contributed by atoms with Gasteiger partial charge in [-0.2, -0.15) is 0 Å². The number of hydrogen-bond acceptors (Lipinski definition) is 2. The first-order chi connectivity index (χ1) is 10.1. The van der Waals surface area contributed by atoms with Crippen LogP contribution in [0.1, 0.15) is 62.7 Å². The summed E-state index contributed by atoms with van der Waals surface area (Å²) in [6.07, 6.45) is 10.5. The lowest BCUT2D eigenvalue weighted by Gasteiger charge is -2.45. The van der Waals surface area contributed by atoms with Gasteiger partial charge in [0.05, 0.1) is 10.6 Å². The molecule has 3 nitrogen and oxygen atoms in total. The van der Waals surface area contributed by atoms with Crippen molar-refractivity contribution >= 4 is 29.1 Å². The van der Waals surface area contributed by atoms with Crippen molar-refractivity contribution in [2.24, 2.45) is 11.3 Å². The molecule has 0 saturated heterocycles. The normalized spacial score (nSPS) is 26.9. The van der Waals surface area contributed by atoms with Gasteiger partial charge in [0.2, 0.25) is 0 Å². The van der Waals surface area contributed by atoms with E-state index in [1.165, 1.54) is 57.2 Å². The minimum atomic E-state index is -0.147. The standard InChI is InChI=1S/C16H20Cl2N2O.CH4/c17-13-9-19-14(18)7-12(13)15(21)20-10-16-5-1-3-11(8-16)4-2-6-16;/h7,9,11H,1-6,8,10H2,(H,20,21);1H4. The maximum Gasteiger partial charge on any atom is 0.252 e. The third-order valence-corrected chi connectivity index (χ3v) is 5.56. The number of carbonyl (C=O) groups is 1. The van der Waals surface area contributed by atoms with Crippen LogP contribution in [0, 0.1) is 11.3 Å². The molecule has 5 heteroatoms. The van der Waals surface area contributed by atoms with Gasteiger partial charge in [-0.1, -0.05) is 56.3 Å². The Balaban J connectivity index is 0.00000176. The third-order valence-electron chi connectivity index (χ3n) is 5.05. The summed E-state index contributed by atoms with van der Waals surface area (Å²) in [5, 5.41) is 3.71. The number of nitrogens with one attached hydrogen (secondary N) is 1. The van der Waals surface area contributed by atoms with Gasteiger partial charge in [0.25, 0.3) is 5.91 Å². The van der Waals surface area contributed by atoms with Crippen molar-refractivity contribution in [1.29, 1.82) is 0 Å². The molecule has 1 aromatic heterocycles. The molecule has 2 fully saturated rings. The minimum Gasteiger partial charge on any atom is -0.351 e. The second-order valence-electron chi connectivity index (χ2n) is 6.52. The Morgan fingerprint density at radius 1 is 1.32 bits per heavy atom. The van der Waals surface area contributed by atoms with Gasteiger partial charge < -0.3 is 5.32 Å². The van der Waals surface area contributed by atoms with Gasteiger partial charge in [0.1, 0.15) is 5.15 Å². The quantitative estimate of drug-likeness (QED) is 0.775. The summed E-state index contributed by atoms with van der Waals surface area (Å²) in [5.41, 5.74) is 0.719. The van der Waals surface area contributed by atoms with Crippen molar-refractivity contribution in [3.05, 3.63) is 28.0 Å². The molecule has 1 amide bonds. The van der Waals surface area contributed by atoms with Crippen LogP contribution in [0.2, 0.25) is 10.2 Å². The molecule has 0 spiro atoms. The van der Waals surface area contributed by atoms with Crippen LogP contribution in [-0.2, 0) is 0 Å². The van der Waals surface area contributed by atoms with Crippen molar-refractivity contribution in [1.82, 2.24) is 10.3 Å². The van der Waals surface area contributed by atoms with Crippen LogP contribution in [0.15, 0.2) is 12.3 Å². The maximum atomic E-state index is 12.3. The number of pyridine rings is 1. The van der Waals surface area contributed by atoms with Crippen LogP contribution in [0.25, 0.3) is 0 Å². The highest BCUT2D eigenvalue weighted by Crippen LogP contribution is 2.48. The minimum absolute atomic E-state index is 0. The Morgan fingerprint density at radius 3 is 2.68 bits per heavy atom. The zero-order valence-electron chi connectivity index (χ0n) is 12.0. The highest BCUT2D eigenvalue weighted by Gasteiger charge is 2.39. The topological polar surface area (TPSA) is 42.0 Å². The van der Waals surface area contributed by atoms with E-state index in [9.17, 15) is 4.79 Å². The fourth-order valence-corrected chi connectivity index (χ4v) is 4.37. The zero-order valence-corrected chi connectivity index (χ0v) is 13.5. The van der Waals surface area contributed by atoms with Gasteiger partial charge in [-0.05, 0) is 36.7 Å². The van der Waals surface area contributed by atoms with Gasteiger partial charge in [-0.15, -0.1) is 0 Å². The first kappa shape index (κ1) is 17.6. The molecule has 2 aliphatic rings. The average molecular weight is 343 g/mol. The molecular weight excluding hydrogens is 319 g/mol. The third kappa shape index (κ3) is 3.75. The van der Waals surface area contributed by atoms with Gasteiger partial charge in [0, 0.05) is 12.7 Å². The lowest BCUT2D eigenvalue weighted by atomic mass is 9.62. The van der Waals surface area contributed by atoms with Crippen LogP contribution >= 0.6 is 23.2 Å². The summed E-state index contributed by atoms with van der Waals surface area (Å²) >= 11 is 11.9. The predicted molar refractivity (Wildman–Crippen MR) is 91.6 cm³/mol. The number of carbonyl (C=O) groups excluding carboxylic acids is 1. The number of rotatable bonds is 3. The van der Waals surface area contributed by atoms with Gasteiger partial charge >= 0.3 is 0 Å². The predicted octanol–water partition coefficient (Wildman–Crippen LogP) is 5.11. The molecule has 0 radical (unpaired) electrons. The van der Waals surface area contributed by atoms with Gasteiger partial charge in [0.15, 0.2) is 0 Å². The van der Waals surface area contributed by atoms with Crippen molar-refractivity contribution in [2.75, 3.05) is 6.54 Å². The van der Waals surface area contributed by atoms with Crippen LogP contribution in [0.3, 0.4) is 0 Å². The number of aromatic nitrogens is 1. The molecule has 2 aliphatic carbocycles. The molecule has 122 valence electrons. The Morgan fingerprint density at radius 2 is 2.00 bits per heavy atom. The Bertz CT molecular complexity index is 537. The van der Waals surface area contributed by atoms with E-state index in [1.54, 1.807) is 0 Å². The molecule has 1 N–H and O–H groups in total. The number of nitrogens with zero attached hydrogens (tertiary/aromatic N) is 1. The van der Waals surface area contributed by atoms with E-state index in [1.807, 2.05) is 0 Å². The smallest absolute Gasteiger partial charge is 0.252 e. The number of amides is 1. The molecule has 0 unspecified atom stereocenters. The lowest BCUT2D eigenvalue weighted by Crippen LogP contribution is -2.43. The Hall–Kier alpha value is -0.800. The van der Waals surface area contributed by atoms with E-state index < -0.39 is 0 Å². The monoisotopic (exact) mass is 342 g/mol. The van der Waals surface area contributed by atoms with Crippen molar-refractivity contribution in [3.63, 3.8) is 0 Å². The first-order valence-electron chi connectivity index (χ1n) is 7.67. The summed E-state index contributed by atoms with van der Waals surface area (Å²) in [7, 11) is 0. The Kier molecular flexibility index (Phi) is 5.73. The SMILES string of the molecule is C.O=C(NCC12CCCC(CCC1)C2)c1cc(Cl)ncc1Cl. The Labute approximate surface area is 142 Å². The molecule has 0 atom stereocenters. The second-order valence-corrected chi connectivity index (χ2v) is 7.32. The molecule has 0 aliphatic heterocycles. The molecule has 2 saturated carbocycles. The molecule has 1 heterocycles. The van der Waals surface area contributed by atoms with E-state index in [-0.39, 0.29) is 18.5 Å². The fourth-order valence-electron chi connectivity index (χ4n) is 4.02. The van der Waals surface area contributed by atoms with E-state index >= 15 is 0 Å². The summed E-state index contributed by atoms with van der Waals surface area (Å²) in [6.45, 7) is 0.749. The molecule has 1 aromatic rings. The zero-order chi connectivity index (χ0) is 14.9.